The number of rotatable bonds is 5. The lowest BCUT2D eigenvalue weighted by Crippen LogP contribution is -2.11. The summed E-state index contributed by atoms with van der Waals surface area (Å²) >= 11 is 1.44. The van der Waals surface area contributed by atoms with Crippen molar-refractivity contribution in [1.82, 2.24) is 4.98 Å². The number of amides is 1. The van der Waals surface area contributed by atoms with Crippen molar-refractivity contribution in [3.05, 3.63) is 53.4 Å². The fourth-order valence-corrected chi connectivity index (χ4v) is 2.89. The van der Waals surface area contributed by atoms with Crippen molar-refractivity contribution in [3.8, 4) is 22.8 Å². The second-order valence-corrected chi connectivity index (χ2v) is 5.85. The van der Waals surface area contributed by atoms with E-state index in [1.54, 1.807) is 13.2 Å². The monoisotopic (exact) mass is 341 g/mol. The van der Waals surface area contributed by atoms with Crippen LogP contribution in [0.3, 0.4) is 0 Å². The number of carbonyl (C=O) groups is 1. The number of methoxy groups -OCH3 is 1. The Bertz CT molecular complexity index is 875. The number of primary amides is 1. The standard InChI is InChI=1S/C17H15N3O3S/c1-23-12-5-3-11(4-6-12)19-17-20-14(9-24-17)10-2-7-15(21)13(8-10)16(18)22/h2-9,21H,1H3,(H2,18,22)(H,19,20). The lowest BCUT2D eigenvalue weighted by Gasteiger charge is -2.04. The average Bonchev–Trinajstić information content (AvgIpc) is 3.04. The molecule has 2 aromatic carbocycles. The Hall–Kier alpha value is -3.06. The average molecular weight is 341 g/mol. The summed E-state index contributed by atoms with van der Waals surface area (Å²) in [6.07, 6.45) is 0. The molecule has 6 nitrogen and oxygen atoms in total. The number of aromatic hydroxyl groups is 1. The highest BCUT2D eigenvalue weighted by molar-refractivity contribution is 7.14. The van der Waals surface area contributed by atoms with E-state index in [2.05, 4.69) is 10.3 Å². The number of anilines is 2. The SMILES string of the molecule is COc1ccc(Nc2nc(-c3ccc(O)c(C(N)=O)c3)cs2)cc1. The molecule has 0 atom stereocenters. The molecule has 122 valence electrons. The number of benzene rings is 2. The summed E-state index contributed by atoms with van der Waals surface area (Å²) in [5, 5.41) is 15.4. The number of hydrogen-bond acceptors (Lipinski definition) is 6. The van der Waals surface area contributed by atoms with Gasteiger partial charge in [0.05, 0.1) is 18.4 Å². The van der Waals surface area contributed by atoms with Crippen molar-refractivity contribution >= 4 is 28.1 Å². The maximum Gasteiger partial charge on any atom is 0.252 e. The smallest absolute Gasteiger partial charge is 0.252 e. The number of hydrogen-bond donors (Lipinski definition) is 3. The Morgan fingerprint density at radius 3 is 2.67 bits per heavy atom. The Kier molecular flexibility index (Phi) is 4.35. The van der Waals surface area contributed by atoms with Gasteiger partial charge in [-0.1, -0.05) is 0 Å². The predicted octanol–water partition coefficient (Wildman–Crippen LogP) is 3.37. The van der Waals surface area contributed by atoms with Crippen LogP contribution in [0.1, 0.15) is 10.4 Å². The normalized spacial score (nSPS) is 10.4. The molecule has 1 aromatic heterocycles. The van der Waals surface area contributed by atoms with Crippen LogP contribution in [-0.2, 0) is 0 Å². The summed E-state index contributed by atoms with van der Waals surface area (Å²) in [4.78, 5) is 15.8. The van der Waals surface area contributed by atoms with E-state index in [0.717, 1.165) is 11.4 Å². The van der Waals surface area contributed by atoms with Gasteiger partial charge in [-0.25, -0.2) is 4.98 Å². The summed E-state index contributed by atoms with van der Waals surface area (Å²) in [5.41, 5.74) is 7.62. The molecule has 1 amide bonds. The van der Waals surface area contributed by atoms with Crippen LogP contribution in [0.4, 0.5) is 10.8 Å². The highest BCUT2D eigenvalue weighted by Gasteiger charge is 2.11. The van der Waals surface area contributed by atoms with Crippen LogP contribution in [0.2, 0.25) is 0 Å². The van der Waals surface area contributed by atoms with E-state index in [0.29, 0.717) is 16.4 Å². The van der Waals surface area contributed by atoms with Gasteiger partial charge in [-0.05, 0) is 42.5 Å². The van der Waals surface area contributed by atoms with Gasteiger partial charge in [0.25, 0.3) is 5.91 Å². The fraction of sp³-hybridized carbons (Fsp3) is 0.0588. The zero-order valence-electron chi connectivity index (χ0n) is 12.8. The molecule has 3 aromatic rings. The molecule has 0 aliphatic heterocycles. The molecule has 4 N–H and O–H groups in total. The summed E-state index contributed by atoms with van der Waals surface area (Å²) in [6.45, 7) is 0. The lowest BCUT2D eigenvalue weighted by atomic mass is 10.1. The Morgan fingerprint density at radius 1 is 1.25 bits per heavy atom. The molecule has 0 radical (unpaired) electrons. The summed E-state index contributed by atoms with van der Waals surface area (Å²) in [6, 6.07) is 12.2. The van der Waals surface area contributed by atoms with E-state index in [1.807, 2.05) is 29.6 Å². The third-order valence-electron chi connectivity index (χ3n) is 3.40. The van der Waals surface area contributed by atoms with Crippen molar-refractivity contribution in [2.45, 2.75) is 0 Å². The number of nitrogens with zero attached hydrogens (tertiary/aromatic N) is 1. The highest BCUT2D eigenvalue weighted by atomic mass is 32.1. The first-order valence-corrected chi connectivity index (χ1v) is 7.94. The second-order valence-electron chi connectivity index (χ2n) is 4.99. The molecule has 3 rings (SSSR count). The predicted molar refractivity (Wildman–Crippen MR) is 94.0 cm³/mol. The van der Waals surface area contributed by atoms with Crippen molar-refractivity contribution in [3.63, 3.8) is 0 Å². The van der Waals surface area contributed by atoms with Gasteiger partial charge >= 0.3 is 0 Å². The highest BCUT2D eigenvalue weighted by Crippen LogP contribution is 2.30. The summed E-state index contributed by atoms with van der Waals surface area (Å²) in [5.74, 6) is -0.0392. The summed E-state index contributed by atoms with van der Waals surface area (Å²) < 4.78 is 5.12. The third-order valence-corrected chi connectivity index (χ3v) is 4.16. The quantitative estimate of drug-likeness (QED) is 0.661. The van der Waals surface area contributed by atoms with Crippen LogP contribution < -0.4 is 15.8 Å². The van der Waals surface area contributed by atoms with E-state index in [9.17, 15) is 9.90 Å². The van der Waals surface area contributed by atoms with Gasteiger partial charge in [0.1, 0.15) is 11.5 Å². The molecular formula is C17H15N3O3S. The molecule has 0 unspecified atom stereocenters. The molecule has 1 heterocycles. The van der Waals surface area contributed by atoms with Crippen LogP contribution in [-0.4, -0.2) is 23.1 Å². The Morgan fingerprint density at radius 2 is 2.00 bits per heavy atom. The number of ether oxygens (including phenoxy) is 1. The van der Waals surface area contributed by atoms with Crippen LogP contribution in [0, 0.1) is 0 Å². The summed E-state index contributed by atoms with van der Waals surface area (Å²) in [7, 11) is 1.62. The number of thiazole rings is 1. The van der Waals surface area contributed by atoms with Gasteiger partial charge in [-0.15, -0.1) is 11.3 Å². The Balaban J connectivity index is 1.82. The molecule has 24 heavy (non-hydrogen) atoms. The van der Waals surface area contributed by atoms with E-state index in [-0.39, 0.29) is 11.3 Å². The lowest BCUT2D eigenvalue weighted by molar-refractivity contribution is 0.0998. The molecule has 0 saturated carbocycles. The van der Waals surface area contributed by atoms with Crippen molar-refractivity contribution in [2.75, 3.05) is 12.4 Å². The minimum Gasteiger partial charge on any atom is -0.507 e. The van der Waals surface area contributed by atoms with Crippen molar-refractivity contribution < 1.29 is 14.6 Å². The number of carbonyl (C=O) groups excluding carboxylic acids is 1. The first-order chi connectivity index (χ1) is 11.6. The zero-order chi connectivity index (χ0) is 17.1. The first-order valence-electron chi connectivity index (χ1n) is 7.06. The first kappa shape index (κ1) is 15.8. The number of phenols is 1. The molecule has 0 saturated heterocycles. The van der Waals surface area contributed by atoms with Crippen molar-refractivity contribution in [2.24, 2.45) is 5.73 Å². The van der Waals surface area contributed by atoms with Gasteiger partial charge in [-0.3, -0.25) is 4.79 Å². The van der Waals surface area contributed by atoms with Crippen LogP contribution >= 0.6 is 11.3 Å². The van der Waals surface area contributed by atoms with Gasteiger partial charge in [0, 0.05) is 16.6 Å². The van der Waals surface area contributed by atoms with E-state index in [1.165, 1.54) is 23.5 Å². The van der Waals surface area contributed by atoms with Crippen LogP contribution in [0.15, 0.2) is 47.8 Å². The van der Waals surface area contributed by atoms with Gasteiger partial charge in [0.15, 0.2) is 5.13 Å². The number of nitrogens with two attached hydrogens (primary N) is 1. The molecule has 7 heteroatoms. The van der Waals surface area contributed by atoms with E-state index >= 15 is 0 Å². The maximum atomic E-state index is 11.3. The number of aromatic nitrogens is 1. The van der Waals surface area contributed by atoms with E-state index in [4.69, 9.17) is 10.5 Å². The number of nitrogens with one attached hydrogen (secondary N) is 1. The topological polar surface area (TPSA) is 97.5 Å². The van der Waals surface area contributed by atoms with Gasteiger partial charge in [0.2, 0.25) is 0 Å². The Labute approximate surface area is 142 Å². The van der Waals surface area contributed by atoms with Crippen LogP contribution in [0.5, 0.6) is 11.5 Å². The maximum absolute atomic E-state index is 11.3. The van der Waals surface area contributed by atoms with Crippen LogP contribution in [0.25, 0.3) is 11.3 Å². The zero-order valence-corrected chi connectivity index (χ0v) is 13.6. The second kappa shape index (κ2) is 6.59. The molecule has 0 fully saturated rings. The molecule has 0 aliphatic rings. The van der Waals surface area contributed by atoms with Gasteiger partial charge in [-0.2, -0.15) is 0 Å². The largest absolute Gasteiger partial charge is 0.507 e. The van der Waals surface area contributed by atoms with E-state index < -0.39 is 5.91 Å². The molecule has 0 spiro atoms. The molecule has 0 aliphatic carbocycles. The fourth-order valence-electron chi connectivity index (χ4n) is 2.15. The van der Waals surface area contributed by atoms with Crippen molar-refractivity contribution in [1.29, 1.82) is 0 Å². The third kappa shape index (κ3) is 3.31. The molecule has 0 bridgehead atoms. The minimum absolute atomic E-state index is 0.0742. The minimum atomic E-state index is -0.679. The van der Waals surface area contributed by atoms with Gasteiger partial charge < -0.3 is 20.9 Å². The molecular weight excluding hydrogens is 326 g/mol.